The zero-order chi connectivity index (χ0) is 19.7. The standard InChI is InChI=1S/C19H17N5O4/c1-20-19(27)15-8-14(23-17-4-5-22-24(15)17)18(26)21-9-11-2-3-16-12(6-11)7-13(25)10-28-16/h2-6,8H,7,9-10H2,1H3,(H,20,27)(H,21,26). The Kier molecular flexibility index (Phi) is 4.48. The van der Waals surface area contributed by atoms with Crippen molar-refractivity contribution in [3.63, 3.8) is 0 Å². The maximum Gasteiger partial charge on any atom is 0.270 e. The molecule has 0 saturated heterocycles. The van der Waals surface area contributed by atoms with Crippen molar-refractivity contribution < 1.29 is 19.1 Å². The molecule has 2 aromatic heterocycles. The SMILES string of the molecule is CNC(=O)c1cc(C(=O)NCc2ccc3c(c2)CC(=O)CO3)nc2ccnn12. The number of fused-ring (bicyclic) bond motifs is 2. The smallest absolute Gasteiger partial charge is 0.270 e. The van der Waals surface area contributed by atoms with E-state index in [4.69, 9.17) is 4.74 Å². The number of benzene rings is 1. The van der Waals surface area contributed by atoms with Gasteiger partial charge in [-0.3, -0.25) is 14.4 Å². The summed E-state index contributed by atoms with van der Waals surface area (Å²) in [5, 5.41) is 9.36. The molecule has 9 nitrogen and oxygen atoms in total. The molecule has 2 amide bonds. The van der Waals surface area contributed by atoms with E-state index in [1.54, 1.807) is 12.1 Å². The number of ether oxygens (including phenoxy) is 1. The quantitative estimate of drug-likeness (QED) is 0.683. The van der Waals surface area contributed by atoms with Crippen molar-refractivity contribution in [2.45, 2.75) is 13.0 Å². The Bertz CT molecular complexity index is 1100. The van der Waals surface area contributed by atoms with Crippen molar-refractivity contribution in [3.8, 4) is 5.75 Å². The normalized spacial score (nSPS) is 13.0. The lowest BCUT2D eigenvalue weighted by molar-refractivity contribution is -0.121. The number of amides is 2. The maximum atomic E-state index is 12.6. The van der Waals surface area contributed by atoms with Gasteiger partial charge in [-0.2, -0.15) is 5.10 Å². The molecule has 0 unspecified atom stereocenters. The van der Waals surface area contributed by atoms with Crippen LogP contribution in [0.15, 0.2) is 36.5 Å². The first-order valence-electron chi connectivity index (χ1n) is 8.66. The zero-order valence-corrected chi connectivity index (χ0v) is 15.1. The van der Waals surface area contributed by atoms with Crippen LogP contribution in [0.4, 0.5) is 0 Å². The Balaban J connectivity index is 1.53. The molecule has 2 N–H and O–H groups in total. The molecule has 0 radical (unpaired) electrons. The molecule has 1 aromatic carbocycles. The molecule has 9 heteroatoms. The Morgan fingerprint density at radius 2 is 2.07 bits per heavy atom. The second-order valence-corrected chi connectivity index (χ2v) is 6.34. The number of hydrogen-bond acceptors (Lipinski definition) is 6. The fourth-order valence-electron chi connectivity index (χ4n) is 3.04. The lowest BCUT2D eigenvalue weighted by atomic mass is 10.0. The average molecular weight is 379 g/mol. The molecule has 0 bridgehead atoms. The summed E-state index contributed by atoms with van der Waals surface area (Å²) in [6.45, 7) is 0.348. The van der Waals surface area contributed by atoms with Gasteiger partial charge in [0, 0.05) is 37.7 Å². The fourth-order valence-corrected chi connectivity index (χ4v) is 3.04. The third-order valence-electron chi connectivity index (χ3n) is 4.41. The van der Waals surface area contributed by atoms with Gasteiger partial charge in [0.1, 0.15) is 23.7 Å². The van der Waals surface area contributed by atoms with Gasteiger partial charge in [0.15, 0.2) is 11.4 Å². The zero-order valence-electron chi connectivity index (χ0n) is 15.1. The molecule has 4 rings (SSSR count). The van der Waals surface area contributed by atoms with Gasteiger partial charge >= 0.3 is 0 Å². The number of Topliss-reactive ketones (excluding diaryl/α,β-unsaturated/α-hetero) is 1. The molecule has 0 aliphatic carbocycles. The number of ketones is 1. The molecule has 1 aliphatic rings. The number of carbonyl (C=O) groups is 3. The molecular weight excluding hydrogens is 362 g/mol. The van der Waals surface area contributed by atoms with Crippen LogP contribution in [0, 0.1) is 0 Å². The van der Waals surface area contributed by atoms with Gasteiger partial charge in [0.2, 0.25) is 0 Å². The highest BCUT2D eigenvalue weighted by molar-refractivity contribution is 5.98. The molecule has 3 aromatic rings. The van der Waals surface area contributed by atoms with Gasteiger partial charge in [0.05, 0.1) is 6.20 Å². The first kappa shape index (κ1) is 17.7. The Morgan fingerprint density at radius 3 is 2.89 bits per heavy atom. The van der Waals surface area contributed by atoms with Gasteiger partial charge < -0.3 is 15.4 Å². The number of nitrogens with zero attached hydrogens (tertiary/aromatic N) is 3. The monoisotopic (exact) mass is 379 g/mol. The van der Waals surface area contributed by atoms with Crippen LogP contribution in [0.3, 0.4) is 0 Å². The first-order chi connectivity index (χ1) is 13.5. The highest BCUT2D eigenvalue weighted by Crippen LogP contribution is 2.24. The molecule has 0 spiro atoms. The minimum Gasteiger partial charge on any atom is -0.486 e. The van der Waals surface area contributed by atoms with Gasteiger partial charge in [-0.05, 0) is 17.7 Å². The van der Waals surface area contributed by atoms with E-state index >= 15 is 0 Å². The molecular formula is C19H17N5O4. The summed E-state index contributed by atoms with van der Waals surface area (Å²) in [5.41, 5.74) is 2.37. The van der Waals surface area contributed by atoms with Crippen LogP contribution in [-0.2, 0) is 17.8 Å². The summed E-state index contributed by atoms with van der Waals surface area (Å²) < 4.78 is 6.74. The predicted molar refractivity (Wildman–Crippen MR) is 98.2 cm³/mol. The fraction of sp³-hybridized carbons (Fsp3) is 0.211. The maximum absolute atomic E-state index is 12.6. The average Bonchev–Trinajstić information content (AvgIpc) is 3.19. The second-order valence-electron chi connectivity index (χ2n) is 6.34. The largest absolute Gasteiger partial charge is 0.486 e. The van der Waals surface area contributed by atoms with E-state index in [2.05, 4.69) is 20.7 Å². The first-order valence-corrected chi connectivity index (χ1v) is 8.66. The number of carbonyl (C=O) groups excluding carboxylic acids is 3. The van der Waals surface area contributed by atoms with E-state index in [1.165, 1.54) is 23.8 Å². The van der Waals surface area contributed by atoms with Crippen LogP contribution in [0.2, 0.25) is 0 Å². The highest BCUT2D eigenvalue weighted by atomic mass is 16.5. The summed E-state index contributed by atoms with van der Waals surface area (Å²) >= 11 is 0. The van der Waals surface area contributed by atoms with Crippen molar-refractivity contribution in [2.75, 3.05) is 13.7 Å². The van der Waals surface area contributed by atoms with Crippen molar-refractivity contribution in [3.05, 3.63) is 59.0 Å². The van der Waals surface area contributed by atoms with E-state index < -0.39 is 5.91 Å². The van der Waals surface area contributed by atoms with Gasteiger partial charge in [-0.25, -0.2) is 9.50 Å². The molecule has 0 fully saturated rings. The third kappa shape index (κ3) is 3.29. The van der Waals surface area contributed by atoms with Gasteiger partial charge in [-0.15, -0.1) is 0 Å². The van der Waals surface area contributed by atoms with E-state index in [0.717, 1.165) is 11.1 Å². The van der Waals surface area contributed by atoms with Crippen molar-refractivity contribution >= 4 is 23.2 Å². The lowest BCUT2D eigenvalue weighted by Crippen LogP contribution is -2.27. The van der Waals surface area contributed by atoms with Crippen molar-refractivity contribution in [1.82, 2.24) is 25.2 Å². The van der Waals surface area contributed by atoms with Gasteiger partial charge in [0.25, 0.3) is 11.8 Å². The Hall–Kier alpha value is -3.75. The second kappa shape index (κ2) is 7.10. The molecule has 1 aliphatic heterocycles. The van der Waals surface area contributed by atoms with Crippen LogP contribution < -0.4 is 15.4 Å². The van der Waals surface area contributed by atoms with Crippen LogP contribution in [0.25, 0.3) is 5.65 Å². The minimum atomic E-state index is -0.418. The van der Waals surface area contributed by atoms with E-state index in [1.807, 2.05) is 12.1 Å². The molecule has 0 saturated carbocycles. The number of aromatic nitrogens is 3. The summed E-state index contributed by atoms with van der Waals surface area (Å²) in [4.78, 5) is 40.4. The number of hydrogen-bond donors (Lipinski definition) is 2. The Morgan fingerprint density at radius 1 is 1.21 bits per heavy atom. The molecule has 3 heterocycles. The molecule has 0 atom stereocenters. The Labute approximate surface area is 159 Å². The predicted octanol–water partition coefficient (Wildman–Crippen LogP) is 0.523. The van der Waals surface area contributed by atoms with Crippen LogP contribution in [-0.4, -0.2) is 45.9 Å². The topological polar surface area (TPSA) is 115 Å². The van der Waals surface area contributed by atoms with E-state index in [0.29, 0.717) is 17.8 Å². The van der Waals surface area contributed by atoms with Crippen molar-refractivity contribution in [2.24, 2.45) is 0 Å². The van der Waals surface area contributed by atoms with Crippen LogP contribution in [0.5, 0.6) is 5.75 Å². The lowest BCUT2D eigenvalue weighted by Gasteiger charge is -2.17. The van der Waals surface area contributed by atoms with Crippen LogP contribution in [0.1, 0.15) is 32.1 Å². The van der Waals surface area contributed by atoms with Crippen molar-refractivity contribution in [1.29, 1.82) is 0 Å². The van der Waals surface area contributed by atoms with E-state index in [9.17, 15) is 14.4 Å². The molecule has 142 valence electrons. The summed E-state index contributed by atoms with van der Waals surface area (Å²) in [7, 11) is 1.50. The number of rotatable bonds is 4. The van der Waals surface area contributed by atoms with Gasteiger partial charge in [-0.1, -0.05) is 6.07 Å². The molecule has 28 heavy (non-hydrogen) atoms. The third-order valence-corrected chi connectivity index (χ3v) is 4.41. The van der Waals surface area contributed by atoms with Crippen LogP contribution >= 0.6 is 0 Å². The number of nitrogens with one attached hydrogen (secondary N) is 2. The minimum absolute atomic E-state index is 0.0220. The van der Waals surface area contributed by atoms with E-state index in [-0.39, 0.29) is 36.2 Å². The summed E-state index contributed by atoms with van der Waals surface area (Å²) in [6.07, 6.45) is 1.83. The summed E-state index contributed by atoms with van der Waals surface area (Å²) in [6, 6.07) is 8.48. The summed E-state index contributed by atoms with van der Waals surface area (Å²) in [5.74, 6) is -0.0742. The highest BCUT2D eigenvalue weighted by Gasteiger charge is 2.18.